The van der Waals surface area contributed by atoms with Crippen LogP contribution in [0, 0.1) is 0 Å². The number of hydrogen-bond acceptors (Lipinski definition) is 3. The van der Waals surface area contributed by atoms with Crippen LogP contribution in [0.1, 0.15) is 39.7 Å². The lowest BCUT2D eigenvalue weighted by Gasteiger charge is -2.08. The summed E-state index contributed by atoms with van der Waals surface area (Å²) in [5.74, 6) is 0.421. The van der Waals surface area contributed by atoms with Crippen LogP contribution in [0.25, 0.3) is 5.76 Å². The normalized spacial score (nSPS) is 8.06. The predicted molar refractivity (Wildman–Crippen MR) is 76.4 cm³/mol. The van der Waals surface area contributed by atoms with Crippen molar-refractivity contribution in [1.82, 2.24) is 0 Å². The second-order valence-electron chi connectivity index (χ2n) is 3.08. The number of nitrogens with two attached hydrogens (primary N) is 1. The molecule has 1 rings (SSSR count). The maximum atomic E-state index is 9.13. The van der Waals surface area contributed by atoms with E-state index in [0.29, 0.717) is 17.0 Å². The molecule has 0 unspecified atom stereocenters. The summed E-state index contributed by atoms with van der Waals surface area (Å²) in [6, 6.07) is 5.12. The number of rotatable bonds is 2. The molecule has 0 amide bonds. The first-order valence-electron chi connectivity index (χ1n) is 5.89. The highest BCUT2D eigenvalue weighted by Crippen LogP contribution is 2.29. The lowest BCUT2D eigenvalue weighted by molar-refractivity contribution is 0.411. The highest BCUT2D eigenvalue weighted by atomic mass is 16.5. The van der Waals surface area contributed by atoms with Crippen LogP contribution in [0.2, 0.25) is 0 Å². The predicted octanol–water partition coefficient (Wildman–Crippen LogP) is 4.25. The van der Waals surface area contributed by atoms with Gasteiger partial charge < -0.3 is 15.6 Å². The van der Waals surface area contributed by atoms with Crippen LogP contribution in [-0.4, -0.2) is 12.2 Å². The van der Waals surface area contributed by atoms with Gasteiger partial charge in [-0.1, -0.05) is 46.8 Å². The van der Waals surface area contributed by atoms with Crippen molar-refractivity contribution in [2.45, 2.75) is 34.1 Å². The summed E-state index contributed by atoms with van der Waals surface area (Å²) >= 11 is 0. The lowest BCUT2D eigenvalue weighted by atomic mass is 10.1. The average Bonchev–Trinajstić information content (AvgIpc) is 2.32. The van der Waals surface area contributed by atoms with Crippen LogP contribution in [0.15, 0.2) is 24.8 Å². The molecular formula is C14H25NO2. The van der Waals surface area contributed by atoms with E-state index in [1.54, 1.807) is 18.2 Å². The molecular weight excluding hydrogens is 214 g/mol. The standard InChI is InChI=1S/C9H11NO2.C3H8.C2H6/c1-6(11)7-4-3-5-8(10)9(7)12-2;1-3-2;1-2/h3-5,11H,1,10H2,2H3;3H2,1-2H3;1-2H3. The number of ether oxygens (including phenoxy) is 1. The van der Waals surface area contributed by atoms with Gasteiger partial charge in [-0.15, -0.1) is 0 Å². The number of methoxy groups -OCH3 is 1. The minimum absolute atomic E-state index is 0.0425. The maximum absolute atomic E-state index is 9.13. The van der Waals surface area contributed by atoms with Crippen molar-refractivity contribution < 1.29 is 9.84 Å². The molecule has 0 spiro atoms. The monoisotopic (exact) mass is 239 g/mol. The Kier molecular flexibility index (Phi) is 11.3. The molecule has 3 N–H and O–H groups in total. The topological polar surface area (TPSA) is 55.5 Å². The highest BCUT2D eigenvalue weighted by Gasteiger charge is 2.07. The molecule has 0 aliphatic rings. The minimum Gasteiger partial charge on any atom is -0.508 e. The Balaban J connectivity index is 0. The van der Waals surface area contributed by atoms with E-state index in [0.717, 1.165) is 0 Å². The molecule has 0 saturated heterocycles. The Bertz CT molecular complexity index is 322. The molecule has 3 heteroatoms. The quantitative estimate of drug-likeness (QED) is 0.599. The van der Waals surface area contributed by atoms with Crippen LogP contribution >= 0.6 is 0 Å². The smallest absolute Gasteiger partial charge is 0.152 e. The van der Waals surface area contributed by atoms with E-state index in [1.807, 2.05) is 13.8 Å². The van der Waals surface area contributed by atoms with Gasteiger partial charge in [-0.3, -0.25) is 0 Å². The van der Waals surface area contributed by atoms with E-state index >= 15 is 0 Å². The Morgan fingerprint density at radius 3 is 2.12 bits per heavy atom. The van der Waals surface area contributed by atoms with E-state index in [-0.39, 0.29) is 5.76 Å². The summed E-state index contributed by atoms with van der Waals surface area (Å²) < 4.78 is 4.99. The fraction of sp³-hybridized carbons (Fsp3) is 0.429. The SMILES string of the molecule is C=C(O)c1cccc(N)c1OC.CC.CCC. The molecule has 0 heterocycles. The van der Waals surface area contributed by atoms with Gasteiger partial charge in [-0.25, -0.2) is 0 Å². The minimum atomic E-state index is -0.0425. The number of nitrogen functional groups attached to an aromatic ring is 1. The van der Waals surface area contributed by atoms with E-state index in [9.17, 15) is 0 Å². The first kappa shape index (κ1) is 17.7. The molecule has 3 nitrogen and oxygen atoms in total. The van der Waals surface area contributed by atoms with Crippen molar-refractivity contribution in [2.24, 2.45) is 0 Å². The molecule has 0 aromatic heterocycles. The number of aliphatic hydroxyl groups is 1. The van der Waals surface area contributed by atoms with Gasteiger partial charge in [-0.05, 0) is 12.1 Å². The number of para-hydroxylation sites is 1. The fourth-order valence-corrected chi connectivity index (χ4v) is 1.01. The zero-order valence-electron chi connectivity index (χ0n) is 11.6. The first-order chi connectivity index (χ1) is 8.08. The van der Waals surface area contributed by atoms with Gasteiger partial charge in [0.15, 0.2) is 5.75 Å². The van der Waals surface area contributed by atoms with Crippen molar-refractivity contribution in [2.75, 3.05) is 12.8 Å². The third-order valence-electron chi connectivity index (χ3n) is 1.56. The summed E-state index contributed by atoms with van der Waals surface area (Å²) in [6.07, 6.45) is 1.25. The summed E-state index contributed by atoms with van der Waals surface area (Å²) in [5, 5.41) is 9.13. The van der Waals surface area contributed by atoms with Gasteiger partial charge in [0.25, 0.3) is 0 Å². The summed E-state index contributed by atoms with van der Waals surface area (Å²) in [4.78, 5) is 0. The lowest BCUT2D eigenvalue weighted by Crippen LogP contribution is -1.96. The summed E-state index contributed by atoms with van der Waals surface area (Å²) in [7, 11) is 1.50. The molecule has 0 fully saturated rings. The van der Waals surface area contributed by atoms with E-state index < -0.39 is 0 Å². The largest absolute Gasteiger partial charge is 0.508 e. The number of anilines is 1. The third-order valence-corrected chi connectivity index (χ3v) is 1.56. The van der Waals surface area contributed by atoms with Crippen LogP contribution in [-0.2, 0) is 0 Å². The zero-order chi connectivity index (χ0) is 13.8. The molecule has 1 aromatic carbocycles. The van der Waals surface area contributed by atoms with Crippen LogP contribution in [0.3, 0.4) is 0 Å². The molecule has 0 bridgehead atoms. The summed E-state index contributed by atoms with van der Waals surface area (Å²) in [6.45, 7) is 11.6. The van der Waals surface area contributed by atoms with E-state index in [4.69, 9.17) is 15.6 Å². The first-order valence-corrected chi connectivity index (χ1v) is 5.89. The molecule has 17 heavy (non-hydrogen) atoms. The molecule has 1 aromatic rings. The van der Waals surface area contributed by atoms with Crippen LogP contribution in [0.5, 0.6) is 5.75 Å². The Hall–Kier alpha value is -1.64. The van der Waals surface area contributed by atoms with Crippen molar-refractivity contribution in [3.8, 4) is 5.75 Å². The highest BCUT2D eigenvalue weighted by molar-refractivity contribution is 5.70. The third kappa shape index (κ3) is 6.51. The summed E-state index contributed by atoms with van der Waals surface area (Å²) in [5.41, 5.74) is 6.61. The van der Waals surface area contributed by atoms with Crippen molar-refractivity contribution in [3.05, 3.63) is 30.3 Å². The van der Waals surface area contributed by atoms with Crippen LogP contribution < -0.4 is 10.5 Å². The number of aliphatic hydroxyl groups excluding tert-OH is 1. The second kappa shape index (κ2) is 10.9. The molecule has 98 valence electrons. The Morgan fingerprint density at radius 2 is 1.82 bits per heavy atom. The zero-order valence-corrected chi connectivity index (χ0v) is 11.6. The van der Waals surface area contributed by atoms with Gasteiger partial charge in [0.05, 0.1) is 18.4 Å². The maximum Gasteiger partial charge on any atom is 0.152 e. The average molecular weight is 239 g/mol. The van der Waals surface area contributed by atoms with Gasteiger partial charge in [0.1, 0.15) is 5.76 Å². The second-order valence-corrected chi connectivity index (χ2v) is 3.08. The van der Waals surface area contributed by atoms with Gasteiger partial charge >= 0.3 is 0 Å². The van der Waals surface area contributed by atoms with Crippen molar-refractivity contribution in [1.29, 1.82) is 0 Å². The number of hydrogen-bond donors (Lipinski definition) is 2. The van der Waals surface area contributed by atoms with Gasteiger partial charge in [0.2, 0.25) is 0 Å². The van der Waals surface area contributed by atoms with Crippen molar-refractivity contribution in [3.63, 3.8) is 0 Å². The molecule has 0 atom stereocenters. The molecule has 0 aliphatic heterocycles. The van der Waals surface area contributed by atoms with Gasteiger partial charge in [0, 0.05) is 0 Å². The Morgan fingerprint density at radius 1 is 1.35 bits per heavy atom. The fourth-order valence-electron chi connectivity index (χ4n) is 1.01. The van der Waals surface area contributed by atoms with E-state index in [2.05, 4.69) is 20.4 Å². The van der Waals surface area contributed by atoms with Crippen molar-refractivity contribution >= 4 is 11.4 Å². The number of benzene rings is 1. The molecule has 0 aliphatic carbocycles. The van der Waals surface area contributed by atoms with Crippen LogP contribution in [0.4, 0.5) is 5.69 Å². The van der Waals surface area contributed by atoms with Gasteiger partial charge in [-0.2, -0.15) is 0 Å². The van der Waals surface area contributed by atoms with E-state index in [1.165, 1.54) is 13.5 Å². The molecule has 0 radical (unpaired) electrons. The Labute approximate surface area is 105 Å². The molecule has 0 saturated carbocycles.